The molecule has 1 atom stereocenters. The van der Waals surface area contributed by atoms with Crippen molar-refractivity contribution in [2.45, 2.75) is 30.3 Å². The highest BCUT2D eigenvalue weighted by molar-refractivity contribution is 8.00. The second kappa shape index (κ2) is 6.39. The van der Waals surface area contributed by atoms with Gasteiger partial charge in [-0.1, -0.05) is 12.1 Å². The maximum atomic E-state index is 12.3. The Bertz CT molecular complexity index is 625. The number of hydrogen-bond donors (Lipinski definition) is 2. The molecule has 0 bridgehead atoms. The number of halogens is 3. The Balaban J connectivity index is 2.07. The van der Waals surface area contributed by atoms with Gasteiger partial charge in [0.15, 0.2) is 0 Å². The van der Waals surface area contributed by atoms with E-state index in [-0.39, 0.29) is 28.6 Å². The zero-order valence-electron chi connectivity index (χ0n) is 11.8. The zero-order chi connectivity index (χ0) is 16.3. The summed E-state index contributed by atoms with van der Waals surface area (Å²) < 4.78 is 36.8. The molecule has 5 nitrogen and oxygen atoms in total. The van der Waals surface area contributed by atoms with E-state index in [1.807, 2.05) is 6.92 Å². The third-order valence-electron chi connectivity index (χ3n) is 2.72. The highest BCUT2D eigenvalue weighted by atomic mass is 32.2. The summed E-state index contributed by atoms with van der Waals surface area (Å²) in [4.78, 5) is 12.1. The lowest BCUT2D eigenvalue weighted by Gasteiger charge is -2.15. The molecule has 0 saturated heterocycles. The summed E-state index contributed by atoms with van der Waals surface area (Å²) in [6, 6.07) is 5.93. The van der Waals surface area contributed by atoms with Crippen LogP contribution in [-0.2, 0) is 0 Å². The Kier molecular flexibility index (Phi) is 4.74. The van der Waals surface area contributed by atoms with Crippen LogP contribution >= 0.6 is 11.8 Å². The summed E-state index contributed by atoms with van der Waals surface area (Å²) in [6.07, 6.45) is 0. The van der Waals surface area contributed by atoms with Crippen LogP contribution in [0.15, 0.2) is 29.2 Å². The first kappa shape index (κ1) is 16.3. The predicted molar refractivity (Wildman–Crippen MR) is 79.4 cm³/mol. The molecule has 0 spiro atoms. The first-order valence-corrected chi connectivity index (χ1v) is 7.15. The molecule has 0 radical (unpaired) electrons. The van der Waals surface area contributed by atoms with Gasteiger partial charge in [-0.25, -0.2) is 0 Å². The van der Waals surface area contributed by atoms with Crippen LogP contribution in [-0.4, -0.2) is 20.5 Å². The Morgan fingerprint density at radius 3 is 2.32 bits per heavy atom. The molecule has 1 unspecified atom stereocenters. The maximum absolute atomic E-state index is 12.3. The minimum Gasteiger partial charge on any atom is -0.368 e. The fourth-order valence-corrected chi connectivity index (χ4v) is 2.34. The Morgan fingerprint density at radius 2 is 1.77 bits per heavy atom. The number of aromatic nitrogens is 3. The average Bonchev–Trinajstić information content (AvgIpc) is 2.36. The van der Waals surface area contributed by atoms with E-state index in [9.17, 15) is 13.2 Å². The monoisotopic (exact) mass is 329 g/mol. The van der Waals surface area contributed by atoms with Crippen molar-refractivity contribution in [3.63, 3.8) is 0 Å². The fourth-order valence-electron chi connectivity index (χ4n) is 1.80. The van der Waals surface area contributed by atoms with Gasteiger partial charge in [-0.05, 0) is 43.3 Å². The van der Waals surface area contributed by atoms with Gasteiger partial charge < -0.3 is 11.1 Å². The van der Waals surface area contributed by atoms with Crippen molar-refractivity contribution in [3.8, 4) is 0 Å². The molecule has 0 aliphatic rings. The van der Waals surface area contributed by atoms with E-state index in [0.29, 0.717) is 11.8 Å². The van der Waals surface area contributed by atoms with Crippen LogP contribution in [0, 0.1) is 6.92 Å². The van der Waals surface area contributed by atoms with Crippen LogP contribution in [0.2, 0.25) is 0 Å². The van der Waals surface area contributed by atoms with Gasteiger partial charge in [0, 0.05) is 4.90 Å². The third kappa shape index (κ3) is 4.76. The first-order valence-electron chi connectivity index (χ1n) is 6.33. The van der Waals surface area contributed by atoms with E-state index < -0.39 is 5.51 Å². The molecule has 0 aliphatic carbocycles. The number of benzene rings is 1. The predicted octanol–water partition coefficient (Wildman–Crippen LogP) is 3.55. The van der Waals surface area contributed by atoms with E-state index in [2.05, 4.69) is 20.3 Å². The standard InChI is InChI=1S/C13H14F3N5S/c1-7(18-12-20-8(2)19-11(17)21-12)9-3-5-10(6-4-9)22-13(14,15)16/h3-7H,1-2H3,(H3,17,18,19,20,21). The van der Waals surface area contributed by atoms with Crippen LogP contribution in [0.25, 0.3) is 0 Å². The molecule has 118 valence electrons. The van der Waals surface area contributed by atoms with Crippen LogP contribution in [0.1, 0.15) is 24.4 Å². The van der Waals surface area contributed by atoms with E-state index >= 15 is 0 Å². The van der Waals surface area contributed by atoms with Crippen LogP contribution < -0.4 is 11.1 Å². The fraction of sp³-hybridized carbons (Fsp3) is 0.308. The molecule has 9 heteroatoms. The molecular weight excluding hydrogens is 315 g/mol. The largest absolute Gasteiger partial charge is 0.446 e. The zero-order valence-corrected chi connectivity index (χ0v) is 12.7. The van der Waals surface area contributed by atoms with Gasteiger partial charge in [-0.2, -0.15) is 28.1 Å². The number of nitrogens with one attached hydrogen (secondary N) is 1. The van der Waals surface area contributed by atoms with Crippen molar-refractivity contribution in [2.75, 3.05) is 11.1 Å². The lowest BCUT2D eigenvalue weighted by molar-refractivity contribution is -0.0328. The molecule has 0 aliphatic heterocycles. The lowest BCUT2D eigenvalue weighted by Crippen LogP contribution is -2.12. The number of thioether (sulfide) groups is 1. The number of nitrogens with zero attached hydrogens (tertiary/aromatic N) is 3. The van der Waals surface area contributed by atoms with Crippen LogP contribution in [0.5, 0.6) is 0 Å². The van der Waals surface area contributed by atoms with Gasteiger partial charge in [-0.3, -0.25) is 0 Å². The molecule has 0 amide bonds. The Hall–Kier alpha value is -2.03. The number of nitrogen functional groups attached to an aromatic ring is 1. The summed E-state index contributed by atoms with van der Waals surface area (Å²) in [5.74, 6) is 0.921. The minimum absolute atomic E-state index is 0.110. The molecule has 3 N–H and O–H groups in total. The number of rotatable bonds is 4. The van der Waals surface area contributed by atoms with Gasteiger partial charge in [0.1, 0.15) is 5.82 Å². The van der Waals surface area contributed by atoms with Gasteiger partial charge in [0.05, 0.1) is 6.04 Å². The van der Waals surface area contributed by atoms with Crippen LogP contribution in [0.3, 0.4) is 0 Å². The van der Waals surface area contributed by atoms with Gasteiger partial charge in [0.25, 0.3) is 0 Å². The molecule has 0 saturated carbocycles. The summed E-state index contributed by atoms with van der Waals surface area (Å²) in [5.41, 5.74) is 2.06. The lowest BCUT2D eigenvalue weighted by atomic mass is 10.1. The molecule has 1 aromatic carbocycles. The van der Waals surface area contributed by atoms with Crippen molar-refractivity contribution >= 4 is 23.7 Å². The average molecular weight is 329 g/mol. The quantitative estimate of drug-likeness (QED) is 0.836. The number of alkyl halides is 3. The second-order valence-corrected chi connectivity index (χ2v) is 5.69. The third-order valence-corrected chi connectivity index (χ3v) is 3.46. The van der Waals surface area contributed by atoms with Crippen molar-refractivity contribution in [1.29, 1.82) is 0 Å². The normalized spacial score (nSPS) is 13.0. The minimum atomic E-state index is -4.29. The van der Waals surface area contributed by atoms with Crippen molar-refractivity contribution in [2.24, 2.45) is 0 Å². The molecule has 2 aromatic rings. The number of nitrogens with two attached hydrogens (primary N) is 1. The molecule has 1 aromatic heterocycles. The van der Waals surface area contributed by atoms with Crippen molar-refractivity contribution < 1.29 is 13.2 Å². The van der Waals surface area contributed by atoms with E-state index in [4.69, 9.17) is 5.73 Å². The summed E-state index contributed by atoms with van der Waals surface area (Å²) in [5, 5.41) is 3.04. The smallest absolute Gasteiger partial charge is 0.368 e. The maximum Gasteiger partial charge on any atom is 0.446 e. The number of anilines is 2. The van der Waals surface area contributed by atoms with Gasteiger partial charge in [-0.15, -0.1) is 0 Å². The second-order valence-electron chi connectivity index (χ2n) is 4.55. The van der Waals surface area contributed by atoms with Gasteiger partial charge in [0.2, 0.25) is 11.9 Å². The topological polar surface area (TPSA) is 76.7 Å². The van der Waals surface area contributed by atoms with E-state index in [1.165, 1.54) is 12.1 Å². The van der Waals surface area contributed by atoms with Crippen molar-refractivity contribution in [1.82, 2.24) is 15.0 Å². The summed E-state index contributed by atoms with van der Waals surface area (Å²) in [6.45, 7) is 3.54. The van der Waals surface area contributed by atoms with E-state index in [1.54, 1.807) is 19.1 Å². The van der Waals surface area contributed by atoms with Crippen molar-refractivity contribution in [3.05, 3.63) is 35.7 Å². The molecule has 1 heterocycles. The summed E-state index contributed by atoms with van der Waals surface area (Å²) in [7, 11) is 0. The summed E-state index contributed by atoms with van der Waals surface area (Å²) >= 11 is -0.141. The Labute approximate surface area is 129 Å². The highest BCUT2D eigenvalue weighted by Gasteiger charge is 2.29. The molecule has 2 rings (SSSR count). The molecular formula is C13H14F3N5S. The Morgan fingerprint density at radius 1 is 1.14 bits per heavy atom. The first-order chi connectivity index (χ1) is 10.2. The highest BCUT2D eigenvalue weighted by Crippen LogP contribution is 2.37. The number of aryl methyl sites for hydroxylation is 1. The molecule has 0 fully saturated rings. The SMILES string of the molecule is Cc1nc(N)nc(NC(C)c2ccc(SC(F)(F)F)cc2)n1. The molecule has 22 heavy (non-hydrogen) atoms. The van der Waals surface area contributed by atoms with Gasteiger partial charge >= 0.3 is 5.51 Å². The number of hydrogen-bond acceptors (Lipinski definition) is 6. The van der Waals surface area contributed by atoms with E-state index in [0.717, 1.165) is 5.56 Å². The van der Waals surface area contributed by atoms with Crippen LogP contribution in [0.4, 0.5) is 25.1 Å².